The molecule has 1 aliphatic rings. The van der Waals surface area contributed by atoms with Crippen LogP contribution in [-0.4, -0.2) is 28.4 Å². The molecule has 1 unspecified atom stereocenters. The van der Waals surface area contributed by atoms with E-state index in [0.717, 1.165) is 5.56 Å². The molecule has 0 saturated carbocycles. The molecule has 1 aromatic carbocycles. The lowest BCUT2D eigenvalue weighted by Gasteiger charge is -2.24. The molecule has 90 valence electrons. The summed E-state index contributed by atoms with van der Waals surface area (Å²) in [7, 11) is 0. The van der Waals surface area contributed by atoms with Crippen LogP contribution in [0.25, 0.3) is 0 Å². The first-order valence-electron chi connectivity index (χ1n) is 5.67. The van der Waals surface area contributed by atoms with E-state index in [1.807, 2.05) is 37.3 Å². The van der Waals surface area contributed by atoms with Crippen molar-refractivity contribution in [1.82, 2.24) is 4.90 Å². The van der Waals surface area contributed by atoms with Crippen molar-refractivity contribution in [3.63, 3.8) is 0 Å². The molecule has 0 spiro atoms. The number of carbonyl (C=O) groups excluding carboxylic acids is 1. The van der Waals surface area contributed by atoms with Gasteiger partial charge in [0.05, 0.1) is 12.0 Å². The van der Waals surface area contributed by atoms with Gasteiger partial charge in [0.2, 0.25) is 5.91 Å². The maximum atomic E-state index is 11.8. The molecule has 1 amide bonds. The van der Waals surface area contributed by atoms with E-state index < -0.39 is 11.9 Å². The van der Waals surface area contributed by atoms with Gasteiger partial charge in [-0.05, 0) is 12.5 Å². The van der Waals surface area contributed by atoms with Gasteiger partial charge in [-0.1, -0.05) is 30.3 Å². The SMILES string of the molecule is CC(c1ccccc1)N1C[C@H](C(=O)O)CC1=O. The highest BCUT2D eigenvalue weighted by Crippen LogP contribution is 2.28. The topological polar surface area (TPSA) is 57.6 Å². The van der Waals surface area contributed by atoms with Crippen molar-refractivity contribution in [1.29, 1.82) is 0 Å². The molecule has 17 heavy (non-hydrogen) atoms. The molecule has 4 heteroatoms. The molecule has 0 bridgehead atoms. The number of hydrogen-bond acceptors (Lipinski definition) is 2. The summed E-state index contributed by atoms with van der Waals surface area (Å²) in [6.07, 6.45) is 0.118. The Bertz CT molecular complexity index is 430. The van der Waals surface area contributed by atoms with E-state index in [1.165, 1.54) is 0 Å². The number of nitrogens with zero attached hydrogens (tertiary/aromatic N) is 1. The Morgan fingerprint density at radius 2 is 2.06 bits per heavy atom. The van der Waals surface area contributed by atoms with Crippen LogP contribution in [0.5, 0.6) is 0 Å². The van der Waals surface area contributed by atoms with Gasteiger partial charge >= 0.3 is 5.97 Å². The smallest absolute Gasteiger partial charge is 0.308 e. The molecule has 0 aromatic heterocycles. The molecule has 1 aliphatic heterocycles. The van der Waals surface area contributed by atoms with Crippen LogP contribution in [0.4, 0.5) is 0 Å². The average molecular weight is 233 g/mol. The molecule has 4 nitrogen and oxygen atoms in total. The number of aliphatic carboxylic acids is 1. The molecule has 0 radical (unpaired) electrons. The maximum absolute atomic E-state index is 11.8. The fourth-order valence-electron chi connectivity index (χ4n) is 2.18. The molecule has 2 atom stereocenters. The van der Waals surface area contributed by atoms with E-state index in [-0.39, 0.29) is 18.4 Å². The number of carbonyl (C=O) groups is 2. The van der Waals surface area contributed by atoms with Crippen LogP contribution in [0, 0.1) is 5.92 Å². The number of amides is 1. The minimum atomic E-state index is -0.888. The van der Waals surface area contributed by atoms with Gasteiger partial charge in [-0.25, -0.2) is 0 Å². The van der Waals surface area contributed by atoms with Gasteiger partial charge in [-0.3, -0.25) is 9.59 Å². The summed E-state index contributed by atoms with van der Waals surface area (Å²) >= 11 is 0. The van der Waals surface area contributed by atoms with Gasteiger partial charge < -0.3 is 10.0 Å². The standard InChI is InChI=1S/C13H15NO3/c1-9(10-5-3-2-4-6-10)14-8-11(13(16)17)7-12(14)15/h2-6,9,11H,7-8H2,1H3,(H,16,17)/t9?,11-/m1/s1. The number of benzene rings is 1. The van der Waals surface area contributed by atoms with Gasteiger partial charge in [0.1, 0.15) is 0 Å². The summed E-state index contributed by atoms with van der Waals surface area (Å²) in [5.74, 6) is -1.52. The Balaban J connectivity index is 2.14. The highest BCUT2D eigenvalue weighted by molar-refractivity contribution is 5.86. The summed E-state index contributed by atoms with van der Waals surface area (Å²) in [5, 5.41) is 8.92. The molecule has 1 aromatic rings. The number of rotatable bonds is 3. The molecule has 2 rings (SSSR count). The fourth-order valence-corrected chi connectivity index (χ4v) is 2.18. The van der Waals surface area contributed by atoms with Crippen LogP contribution in [0.2, 0.25) is 0 Å². The van der Waals surface area contributed by atoms with Crippen molar-refractivity contribution in [3.8, 4) is 0 Å². The van der Waals surface area contributed by atoms with E-state index in [9.17, 15) is 9.59 Å². The Kier molecular flexibility index (Phi) is 3.13. The van der Waals surface area contributed by atoms with Crippen molar-refractivity contribution < 1.29 is 14.7 Å². The minimum Gasteiger partial charge on any atom is -0.481 e. The molecular weight excluding hydrogens is 218 g/mol. The van der Waals surface area contributed by atoms with Gasteiger partial charge in [-0.15, -0.1) is 0 Å². The summed E-state index contributed by atoms with van der Waals surface area (Å²) in [4.78, 5) is 24.3. The summed E-state index contributed by atoms with van der Waals surface area (Å²) in [6, 6.07) is 9.59. The van der Waals surface area contributed by atoms with E-state index >= 15 is 0 Å². The van der Waals surface area contributed by atoms with Crippen molar-refractivity contribution in [2.45, 2.75) is 19.4 Å². The second-order valence-corrected chi connectivity index (χ2v) is 4.37. The van der Waals surface area contributed by atoms with Crippen molar-refractivity contribution in [3.05, 3.63) is 35.9 Å². The van der Waals surface area contributed by atoms with Crippen molar-refractivity contribution in [2.24, 2.45) is 5.92 Å². The lowest BCUT2D eigenvalue weighted by Crippen LogP contribution is -2.29. The number of carboxylic acid groups (broad SMARTS) is 1. The van der Waals surface area contributed by atoms with Crippen LogP contribution < -0.4 is 0 Å². The van der Waals surface area contributed by atoms with Crippen LogP contribution in [0.15, 0.2) is 30.3 Å². The quantitative estimate of drug-likeness (QED) is 0.864. The number of carboxylic acids is 1. The lowest BCUT2D eigenvalue weighted by molar-refractivity contribution is -0.141. The Labute approximate surface area is 99.9 Å². The van der Waals surface area contributed by atoms with E-state index in [0.29, 0.717) is 6.54 Å². The van der Waals surface area contributed by atoms with Crippen LogP contribution >= 0.6 is 0 Å². The molecule has 0 aliphatic carbocycles. The van der Waals surface area contributed by atoms with Crippen LogP contribution in [0.3, 0.4) is 0 Å². The average Bonchev–Trinajstić information content (AvgIpc) is 2.72. The fraction of sp³-hybridized carbons (Fsp3) is 0.385. The number of likely N-dealkylation sites (tertiary alicyclic amines) is 1. The predicted octanol–water partition coefficient (Wildman–Crippen LogP) is 1.68. The van der Waals surface area contributed by atoms with E-state index in [4.69, 9.17) is 5.11 Å². The first-order valence-corrected chi connectivity index (χ1v) is 5.67. The Morgan fingerprint density at radius 1 is 1.41 bits per heavy atom. The van der Waals surface area contributed by atoms with Gasteiger partial charge in [-0.2, -0.15) is 0 Å². The molecule has 1 fully saturated rings. The van der Waals surface area contributed by atoms with E-state index in [1.54, 1.807) is 4.90 Å². The first-order chi connectivity index (χ1) is 8.09. The maximum Gasteiger partial charge on any atom is 0.308 e. The minimum absolute atomic E-state index is 0.0620. The monoisotopic (exact) mass is 233 g/mol. The normalized spacial score (nSPS) is 21.6. The molecule has 1 N–H and O–H groups in total. The number of hydrogen-bond donors (Lipinski definition) is 1. The molecular formula is C13H15NO3. The zero-order valence-electron chi connectivity index (χ0n) is 9.67. The lowest BCUT2D eigenvalue weighted by atomic mass is 10.1. The predicted molar refractivity (Wildman–Crippen MR) is 62.3 cm³/mol. The zero-order chi connectivity index (χ0) is 12.4. The third-order valence-corrected chi connectivity index (χ3v) is 3.26. The summed E-state index contributed by atoms with van der Waals surface area (Å²) in [6.45, 7) is 2.24. The Hall–Kier alpha value is -1.84. The van der Waals surface area contributed by atoms with Crippen molar-refractivity contribution in [2.75, 3.05) is 6.54 Å². The highest BCUT2D eigenvalue weighted by atomic mass is 16.4. The van der Waals surface area contributed by atoms with Gasteiger partial charge in [0.25, 0.3) is 0 Å². The molecule has 1 saturated heterocycles. The molecule has 1 heterocycles. The third-order valence-electron chi connectivity index (χ3n) is 3.26. The van der Waals surface area contributed by atoms with Crippen LogP contribution in [-0.2, 0) is 9.59 Å². The highest BCUT2D eigenvalue weighted by Gasteiger charge is 2.36. The Morgan fingerprint density at radius 3 is 2.59 bits per heavy atom. The van der Waals surface area contributed by atoms with Crippen molar-refractivity contribution >= 4 is 11.9 Å². The summed E-state index contributed by atoms with van der Waals surface area (Å²) < 4.78 is 0. The first kappa shape index (κ1) is 11.6. The summed E-state index contributed by atoms with van der Waals surface area (Å²) in [5.41, 5.74) is 1.03. The second-order valence-electron chi connectivity index (χ2n) is 4.37. The van der Waals surface area contributed by atoms with Gasteiger partial charge in [0.15, 0.2) is 0 Å². The third kappa shape index (κ3) is 2.30. The second kappa shape index (κ2) is 4.57. The zero-order valence-corrected chi connectivity index (χ0v) is 9.67. The van der Waals surface area contributed by atoms with Crippen LogP contribution in [0.1, 0.15) is 24.9 Å². The van der Waals surface area contributed by atoms with Gasteiger partial charge in [0, 0.05) is 13.0 Å². The van der Waals surface area contributed by atoms with E-state index in [2.05, 4.69) is 0 Å². The largest absolute Gasteiger partial charge is 0.481 e.